The molecule has 0 N–H and O–H groups in total. The maximum Gasteiger partial charge on any atom is 0.416 e. The van der Waals surface area contributed by atoms with E-state index in [2.05, 4.69) is 15.0 Å². The second-order valence-corrected chi connectivity index (χ2v) is 7.55. The van der Waals surface area contributed by atoms with Crippen LogP contribution < -0.4 is 0 Å². The van der Waals surface area contributed by atoms with Crippen LogP contribution in [-0.4, -0.2) is 52.0 Å². The maximum atomic E-state index is 12.7. The van der Waals surface area contributed by atoms with Gasteiger partial charge in [-0.15, -0.1) is 0 Å². The highest BCUT2D eigenvalue weighted by Gasteiger charge is 2.30. The van der Waals surface area contributed by atoms with Crippen molar-refractivity contribution in [2.45, 2.75) is 12.7 Å². The first-order valence-electron chi connectivity index (χ1n) is 9.57. The lowest BCUT2D eigenvalue weighted by Crippen LogP contribution is -2.48. The minimum Gasteiger partial charge on any atom is -0.336 e. The molecule has 0 unspecified atom stereocenters. The molecule has 10 heteroatoms. The van der Waals surface area contributed by atoms with Crippen LogP contribution in [0.3, 0.4) is 0 Å². The minimum absolute atomic E-state index is 0.102. The number of hydrogen-bond acceptors (Lipinski definition) is 5. The molecule has 0 atom stereocenters. The van der Waals surface area contributed by atoms with Crippen molar-refractivity contribution in [3.8, 4) is 11.5 Å². The summed E-state index contributed by atoms with van der Waals surface area (Å²) in [5, 5.41) is 4.35. The predicted octanol–water partition coefficient (Wildman–Crippen LogP) is 4.37. The van der Waals surface area contributed by atoms with Gasteiger partial charge in [-0.05, 0) is 36.4 Å². The van der Waals surface area contributed by atoms with Crippen LogP contribution in [0, 0.1) is 0 Å². The third kappa shape index (κ3) is 4.88. The summed E-state index contributed by atoms with van der Waals surface area (Å²) in [5.74, 6) is 0.492. The Kier molecular flexibility index (Phi) is 5.97. The van der Waals surface area contributed by atoms with E-state index in [1.54, 1.807) is 29.2 Å². The molecule has 3 aromatic rings. The van der Waals surface area contributed by atoms with Gasteiger partial charge >= 0.3 is 6.18 Å². The Morgan fingerprint density at radius 3 is 2.35 bits per heavy atom. The number of alkyl halides is 3. The van der Waals surface area contributed by atoms with Crippen LogP contribution in [0.25, 0.3) is 11.5 Å². The van der Waals surface area contributed by atoms with E-state index in [0.29, 0.717) is 54.7 Å². The van der Waals surface area contributed by atoms with Gasteiger partial charge in [-0.3, -0.25) is 9.69 Å². The van der Waals surface area contributed by atoms with Crippen molar-refractivity contribution in [3.05, 3.63) is 70.5 Å². The fraction of sp³-hybridized carbons (Fsp3) is 0.286. The summed E-state index contributed by atoms with van der Waals surface area (Å²) in [5.41, 5.74) is 0.166. The number of rotatable bonds is 4. The number of carbonyl (C=O) groups is 1. The molecule has 4 rings (SSSR count). The van der Waals surface area contributed by atoms with Crippen molar-refractivity contribution < 1.29 is 22.5 Å². The second kappa shape index (κ2) is 8.68. The molecule has 1 amide bonds. The molecule has 1 aliphatic rings. The van der Waals surface area contributed by atoms with Crippen molar-refractivity contribution >= 4 is 17.5 Å². The normalized spacial score (nSPS) is 15.3. The quantitative estimate of drug-likeness (QED) is 0.590. The van der Waals surface area contributed by atoms with Gasteiger partial charge in [0.15, 0.2) is 5.82 Å². The monoisotopic (exact) mass is 450 g/mol. The highest BCUT2D eigenvalue weighted by atomic mass is 35.5. The summed E-state index contributed by atoms with van der Waals surface area (Å²) in [6.45, 7) is 2.74. The Morgan fingerprint density at radius 2 is 1.71 bits per heavy atom. The molecule has 0 aliphatic carbocycles. The van der Waals surface area contributed by atoms with Gasteiger partial charge in [0.1, 0.15) is 0 Å². The second-order valence-electron chi connectivity index (χ2n) is 7.14. The maximum absolute atomic E-state index is 12.7. The molecular weight excluding hydrogens is 433 g/mol. The van der Waals surface area contributed by atoms with Crippen LogP contribution in [0.4, 0.5) is 13.2 Å². The summed E-state index contributed by atoms with van der Waals surface area (Å²) in [7, 11) is 0. The number of aromatic nitrogens is 2. The van der Waals surface area contributed by atoms with Gasteiger partial charge in [-0.1, -0.05) is 28.9 Å². The Balaban J connectivity index is 1.34. The third-order valence-electron chi connectivity index (χ3n) is 5.06. The van der Waals surface area contributed by atoms with E-state index in [0.717, 1.165) is 12.1 Å². The highest BCUT2D eigenvalue weighted by Crippen LogP contribution is 2.30. The first kappa shape index (κ1) is 21.3. The SMILES string of the molecule is O=C(c1ccccc1Cl)N1CCN(Cc2noc(-c3ccc(C(F)(F)F)cc3)n2)CC1. The number of nitrogens with zero attached hydrogens (tertiary/aromatic N) is 4. The van der Waals surface area contributed by atoms with Crippen LogP contribution in [-0.2, 0) is 12.7 Å². The van der Waals surface area contributed by atoms with Crippen LogP contribution in [0.2, 0.25) is 5.02 Å². The van der Waals surface area contributed by atoms with Crippen molar-refractivity contribution in [3.63, 3.8) is 0 Å². The average molecular weight is 451 g/mol. The Labute approximate surface area is 181 Å². The van der Waals surface area contributed by atoms with E-state index in [-0.39, 0.29) is 11.8 Å². The van der Waals surface area contributed by atoms with Crippen molar-refractivity contribution in [2.24, 2.45) is 0 Å². The lowest BCUT2D eigenvalue weighted by molar-refractivity contribution is -0.137. The zero-order chi connectivity index (χ0) is 22.0. The van der Waals surface area contributed by atoms with Gasteiger partial charge < -0.3 is 9.42 Å². The lowest BCUT2D eigenvalue weighted by Gasteiger charge is -2.34. The van der Waals surface area contributed by atoms with E-state index in [9.17, 15) is 18.0 Å². The van der Waals surface area contributed by atoms with Crippen molar-refractivity contribution in [1.29, 1.82) is 0 Å². The number of hydrogen-bond donors (Lipinski definition) is 0. The van der Waals surface area contributed by atoms with E-state index < -0.39 is 11.7 Å². The Hall–Kier alpha value is -2.91. The molecule has 31 heavy (non-hydrogen) atoms. The zero-order valence-corrected chi connectivity index (χ0v) is 17.0. The van der Waals surface area contributed by atoms with Crippen LogP contribution in [0.15, 0.2) is 53.1 Å². The molecular formula is C21H18ClF3N4O2. The fourth-order valence-corrected chi connectivity index (χ4v) is 3.57. The summed E-state index contributed by atoms with van der Waals surface area (Å²) >= 11 is 6.12. The van der Waals surface area contributed by atoms with Crippen molar-refractivity contribution in [2.75, 3.05) is 26.2 Å². The molecule has 6 nitrogen and oxygen atoms in total. The molecule has 2 aromatic carbocycles. The molecule has 1 aliphatic heterocycles. The molecule has 0 bridgehead atoms. The number of amides is 1. The molecule has 0 saturated carbocycles. The third-order valence-corrected chi connectivity index (χ3v) is 5.39. The average Bonchev–Trinajstić information content (AvgIpc) is 3.22. The van der Waals surface area contributed by atoms with Crippen LogP contribution in [0.1, 0.15) is 21.7 Å². The Morgan fingerprint density at radius 1 is 1.03 bits per heavy atom. The molecule has 0 spiro atoms. The fourth-order valence-electron chi connectivity index (χ4n) is 3.35. The molecule has 2 heterocycles. The number of carbonyl (C=O) groups excluding carboxylic acids is 1. The minimum atomic E-state index is -4.39. The summed E-state index contributed by atoms with van der Waals surface area (Å²) < 4.78 is 43.3. The lowest BCUT2D eigenvalue weighted by atomic mass is 10.1. The summed E-state index contributed by atoms with van der Waals surface area (Å²) in [6.07, 6.45) is -4.39. The number of halogens is 4. The van der Waals surface area contributed by atoms with Gasteiger partial charge in [-0.25, -0.2) is 0 Å². The van der Waals surface area contributed by atoms with Crippen LogP contribution >= 0.6 is 11.6 Å². The van der Waals surface area contributed by atoms with Gasteiger partial charge in [0.05, 0.1) is 22.7 Å². The molecule has 1 fully saturated rings. The summed E-state index contributed by atoms with van der Waals surface area (Å²) in [4.78, 5) is 20.8. The standard InChI is InChI=1S/C21H18ClF3N4O2/c22-17-4-2-1-3-16(17)20(30)29-11-9-28(10-12-29)13-18-26-19(31-27-18)14-5-7-15(8-6-14)21(23,24)25/h1-8H,9-13H2. The number of piperazine rings is 1. The first-order valence-corrected chi connectivity index (χ1v) is 9.95. The van der Waals surface area contributed by atoms with E-state index in [1.165, 1.54) is 12.1 Å². The zero-order valence-electron chi connectivity index (χ0n) is 16.3. The highest BCUT2D eigenvalue weighted by molar-refractivity contribution is 6.33. The predicted molar refractivity (Wildman–Crippen MR) is 107 cm³/mol. The smallest absolute Gasteiger partial charge is 0.336 e. The largest absolute Gasteiger partial charge is 0.416 e. The van der Waals surface area contributed by atoms with Gasteiger partial charge in [0, 0.05) is 31.7 Å². The van der Waals surface area contributed by atoms with E-state index >= 15 is 0 Å². The van der Waals surface area contributed by atoms with E-state index in [4.69, 9.17) is 16.1 Å². The van der Waals surface area contributed by atoms with Crippen molar-refractivity contribution in [1.82, 2.24) is 19.9 Å². The topological polar surface area (TPSA) is 62.5 Å². The number of benzene rings is 2. The van der Waals surface area contributed by atoms with E-state index in [1.807, 2.05) is 0 Å². The van der Waals surface area contributed by atoms with Gasteiger partial charge in [-0.2, -0.15) is 18.2 Å². The molecule has 1 aromatic heterocycles. The molecule has 1 saturated heterocycles. The van der Waals surface area contributed by atoms with Crippen LogP contribution in [0.5, 0.6) is 0 Å². The van der Waals surface area contributed by atoms with Gasteiger partial charge in [0.2, 0.25) is 0 Å². The first-order chi connectivity index (χ1) is 14.8. The molecule has 162 valence electrons. The Bertz CT molecular complexity index is 1060. The summed E-state index contributed by atoms with van der Waals surface area (Å²) in [6, 6.07) is 11.5. The van der Waals surface area contributed by atoms with Gasteiger partial charge in [0.25, 0.3) is 11.8 Å². The molecule has 0 radical (unpaired) electrons.